The highest BCUT2D eigenvalue weighted by Gasteiger charge is 2.22. The van der Waals surface area contributed by atoms with Crippen molar-refractivity contribution in [3.8, 4) is 0 Å². The lowest BCUT2D eigenvalue weighted by Gasteiger charge is -2.15. The van der Waals surface area contributed by atoms with Gasteiger partial charge in [-0.3, -0.25) is 4.79 Å². The van der Waals surface area contributed by atoms with Crippen LogP contribution in [0, 0.1) is 12.8 Å². The molecule has 21 heavy (non-hydrogen) atoms. The van der Waals surface area contributed by atoms with Crippen LogP contribution in [-0.4, -0.2) is 50.7 Å². The first kappa shape index (κ1) is 16.0. The number of likely N-dealkylation sites (tertiary alicyclic amines) is 1. The topological polar surface area (TPSA) is 41.6 Å². The Bertz CT molecular complexity index is 445. The smallest absolute Gasteiger partial charge is 0.224 e. The number of hydrogen-bond acceptors (Lipinski definition) is 3. The fraction of sp³-hybridized carbons (Fsp3) is 0.588. The third-order valence-electron chi connectivity index (χ3n) is 4.05. The molecule has 1 aromatic carbocycles. The summed E-state index contributed by atoms with van der Waals surface area (Å²) in [6.45, 7) is 6.79. The van der Waals surface area contributed by atoms with Crippen LogP contribution in [0.3, 0.4) is 0 Å². The number of nitrogens with zero attached hydrogens (tertiary/aromatic N) is 1. The first-order valence-electron chi connectivity index (χ1n) is 7.71. The van der Waals surface area contributed by atoms with Gasteiger partial charge in [0.1, 0.15) is 0 Å². The van der Waals surface area contributed by atoms with Crippen LogP contribution in [0.5, 0.6) is 0 Å². The zero-order chi connectivity index (χ0) is 15.1. The van der Waals surface area contributed by atoms with Crippen molar-refractivity contribution in [1.29, 1.82) is 0 Å². The number of hydrogen-bond donors (Lipinski definition) is 1. The predicted molar refractivity (Wildman–Crippen MR) is 84.3 cm³/mol. The van der Waals surface area contributed by atoms with Crippen LogP contribution in [0.2, 0.25) is 0 Å². The number of amides is 1. The molecule has 1 fully saturated rings. The van der Waals surface area contributed by atoms with Gasteiger partial charge in [-0.1, -0.05) is 29.8 Å². The minimum absolute atomic E-state index is 0.120. The highest BCUT2D eigenvalue weighted by Crippen LogP contribution is 2.14. The molecule has 1 amide bonds. The quantitative estimate of drug-likeness (QED) is 0.830. The van der Waals surface area contributed by atoms with Crippen LogP contribution in [0.15, 0.2) is 24.3 Å². The SMILES string of the molecule is COCCN1CC[C@@H](CNC(=O)Cc2ccc(C)cc2)C1. The molecule has 1 N–H and O–H groups in total. The maximum Gasteiger partial charge on any atom is 0.224 e. The lowest BCUT2D eigenvalue weighted by molar-refractivity contribution is -0.120. The Labute approximate surface area is 127 Å². The zero-order valence-corrected chi connectivity index (χ0v) is 13.1. The monoisotopic (exact) mass is 290 g/mol. The summed E-state index contributed by atoms with van der Waals surface area (Å²) in [5, 5.41) is 3.07. The summed E-state index contributed by atoms with van der Waals surface area (Å²) >= 11 is 0. The van der Waals surface area contributed by atoms with E-state index in [1.165, 1.54) is 5.56 Å². The van der Waals surface area contributed by atoms with Gasteiger partial charge in [0.25, 0.3) is 0 Å². The van der Waals surface area contributed by atoms with E-state index in [1.807, 2.05) is 24.3 Å². The summed E-state index contributed by atoms with van der Waals surface area (Å²) in [7, 11) is 1.73. The Kier molecular flexibility index (Phi) is 6.21. The highest BCUT2D eigenvalue weighted by atomic mass is 16.5. The average molecular weight is 290 g/mol. The molecule has 0 radical (unpaired) electrons. The van der Waals surface area contributed by atoms with Crippen molar-refractivity contribution in [1.82, 2.24) is 10.2 Å². The molecule has 1 saturated heterocycles. The standard InChI is InChI=1S/C17H26N2O2/c1-14-3-5-15(6-4-14)11-17(20)18-12-16-7-8-19(13-16)9-10-21-2/h3-6,16H,7-13H2,1-2H3,(H,18,20)/t16-/m0/s1. The Hall–Kier alpha value is -1.39. The van der Waals surface area contributed by atoms with Gasteiger partial charge in [-0.15, -0.1) is 0 Å². The summed E-state index contributed by atoms with van der Waals surface area (Å²) in [5.74, 6) is 0.693. The summed E-state index contributed by atoms with van der Waals surface area (Å²) in [6.07, 6.45) is 1.63. The number of carbonyl (C=O) groups is 1. The molecule has 0 bridgehead atoms. The largest absolute Gasteiger partial charge is 0.383 e. The zero-order valence-electron chi connectivity index (χ0n) is 13.1. The number of rotatable bonds is 7. The van der Waals surface area contributed by atoms with Crippen LogP contribution in [-0.2, 0) is 16.0 Å². The molecule has 4 heteroatoms. The average Bonchev–Trinajstić information content (AvgIpc) is 2.93. The van der Waals surface area contributed by atoms with Crippen LogP contribution in [0.25, 0.3) is 0 Å². The maximum atomic E-state index is 12.0. The number of ether oxygens (including phenoxy) is 1. The maximum absolute atomic E-state index is 12.0. The lowest BCUT2D eigenvalue weighted by Crippen LogP contribution is -2.32. The van der Waals surface area contributed by atoms with Crippen molar-refractivity contribution in [2.24, 2.45) is 5.92 Å². The Balaban J connectivity index is 1.66. The fourth-order valence-corrected chi connectivity index (χ4v) is 2.71. The molecule has 1 aromatic rings. The highest BCUT2D eigenvalue weighted by molar-refractivity contribution is 5.78. The first-order chi connectivity index (χ1) is 10.2. The number of aryl methyl sites for hydroxylation is 1. The van der Waals surface area contributed by atoms with E-state index in [9.17, 15) is 4.79 Å². The van der Waals surface area contributed by atoms with Crippen LogP contribution in [0.4, 0.5) is 0 Å². The molecule has 0 aromatic heterocycles. The third-order valence-corrected chi connectivity index (χ3v) is 4.05. The van der Waals surface area contributed by atoms with Crippen molar-refractivity contribution in [3.63, 3.8) is 0 Å². The van der Waals surface area contributed by atoms with Crippen molar-refractivity contribution in [2.45, 2.75) is 19.8 Å². The van der Waals surface area contributed by atoms with Crippen molar-refractivity contribution in [2.75, 3.05) is 39.9 Å². The molecule has 1 atom stereocenters. The number of methoxy groups -OCH3 is 1. The summed E-state index contributed by atoms with van der Waals surface area (Å²) in [6, 6.07) is 8.15. The van der Waals surface area contributed by atoms with Gasteiger partial charge in [-0.25, -0.2) is 0 Å². The number of nitrogens with one attached hydrogen (secondary N) is 1. The summed E-state index contributed by atoms with van der Waals surface area (Å²) < 4.78 is 5.10. The van der Waals surface area contributed by atoms with Crippen LogP contribution in [0.1, 0.15) is 17.5 Å². The Morgan fingerprint density at radius 1 is 1.38 bits per heavy atom. The van der Waals surface area contributed by atoms with Crippen molar-refractivity contribution < 1.29 is 9.53 Å². The van der Waals surface area contributed by atoms with Crippen molar-refractivity contribution in [3.05, 3.63) is 35.4 Å². The van der Waals surface area contributed by atoms with Gasteiger partial charge in [-0.2, -0.15) is 0 Å². The predicted octanol–water partition coefficient (Wildman–Crippen LogP) is 1.62. The summed E-state index contributed by atoms with van der Waals surface area (Å²) in [5.41, 5.74) is 2.30. The molecular formula is C17H26N2O2. The van der Waals surface area contributed by atoms with Gasteiger partial charge < -0.3 is 15.0 Å². The molecule has 1 aliphatic heterocycles. The molecule has 0 aliphatic carbocycles. The molecule has 4 nitrogen and oxygen atoms in total. The van der Waals surface area contributed by atoms with Gasteiger partial charge in [-0.05, 0) is 31.4 Å². The Morgan fingerprint density at radius 3 is 2.86 bits per heavy atom. The normalized spacial score (nSPS) is 18.9. The van der Waals surface area contributed by atoms with Gasteiger partial charge >= 0.3 is 0 Å². The molecule has 0 spiro atoms. The van der Waals surface area contributed by atoms with Crippen LogP contribution >= 0.6 is 0 Å². The first-order valence-corrected chi connectivity index (χ1v) is 7.71. The number of carbonyl (C=O) groups excluding carboxylic acids is 1. The Morgan fingerprint density at radius 2 is 2.14 bits per heavy atom. The van der Waals surface area contributed by atoms with E-state index in [-0.39, 0.29) is 5.91 Å². The van der Waals surface area contributed by atoms with E-state index in [0.29, 0.717) is 12.3 Å². The van der Waals surface area contributed by atoms with E-state index in [0.717, 1.165) is 44.8 Å². The molecule has 116 valence electrons. The van der Waals surface area contributed by atoms with E-state index < -0.39 is 0 Å². The van der Waals surface area contributed by atoms with E-state index >= 15 is 0 Å². The number of benzene rings is 1. The summed E-state index contributed by atoms with van der Waals surface area (Å²) in [4.78, 5) is 14.4. The van der Waals surface area contributed by atoms with Crippen LogP contribution < -0.4 is 5.32 Å². The van der Waals surface area contributed by atoms with E-state index in [1.54, 1.807) is 7.11 Å². The van der Waals surface area contributed by atoms with Gasteiger partial charge in [0.05, 0.1) is 13.0 Å². The van der Waals surface area contributed by atoms with Gasteiger partial charge in [0.15, 0.2) is 0 Å². The molecule has 0 saturated carbocycles. The van der Waals surface area contributed by atoms with Crippen molar-refractivity contribution >= 4 is 5.91 Å². The van der Waals surface area contributed by atoms with E-state index in [2.05, 4.69) is 17.1 Å². The minimum atomic E-state index is 0.120. The van der Waals surface area contributed by atoms with Gasteiger partial charge in [0, 0.05) is 26.7 Å². The minimum Gasteiger partial charge on any atom is -0.383 e. The molecule has 1 heterocycles. The third kappa shape index (κ3) is 5.48. The molecule has 0 unspecified atom stereocenters. The van der Waals surface area contributed by atoms with E-state index in [4.69, 9.17) is 4.74 Å². The molecule has 1 aliphatic rings. The molecular weight excluding hydrogens is 264 g/mol. The second kappa shape index (κ2) is 8.15. The fourth-order valence-electron chi connectivity index (χ4n) is 2.71. The lowest BCUT2D eigenvalue weighted by atomic mass is 10.1. The van der Waals surface area contributed by atoms with Gasteiger partial charge in [0.2, 0.25) is 5.91 Å². The molecule has 2 rings (SSSR count). The second-order valence-corrected chi connectivity index (χ2v) is 5.91. The second-order valence-electron chi connectivity index (χ2n) is 5.91.